The summed E-state index contributed by atoms with van der Waals surface area (Å²) in [5, 5.41) is 23.2. The third-order valence-corrected chi connectivity index (χ3v) is 9.29. The van der Waals surface area contributed by atoms with Crippen LogP contribution in [0.4, 0.5) is 4.79 Å². The molecule has 0 radical (unpaired) electrons. The third-order valence-electron chi connectivity index (χ3n) is 9.29. The van der Waals surface area contributed by atoms with E-state index in [0.29, 0.717) is 6.42 Å². The summed E-state index contributed by atoms with van der Waals surface area (Å²) < 4.78 is 6.04. The van der Waals surface area contributed by atoms with Gasteiger partial charge in [-0.15, -0.1) is 0 Å². The van der Waals surface area contributed by atoms with Crippen molar-refractivity contribution in [3.05, 3.63) is 35.4 Å². The molecule has 0 aliphatic rings. The van der Waals surface area contributed by atoms with Crippen molar-refractivity contribution in [2.24, 2.45) is 16.2 Å². The first-order chi connectivity index (χ1) is 19.1. The molecule has 0 saturated carbocycles. The average Bonchev–Trinajstić information content (AvgIpc) is 2.89. The van der Waals surface area contributed by atoms with E-state index in [4.69, 9.17) is 4.74 Å². The molecule has 1 aromatic rings. The van der Waals surface area contributed by atoms with Gasteiger partial charge in [0.05, 0.1) is 18.8 Å². The van der Waals surface area contributed by atoms with Gasteiger partial charge in [-0.3, -0.25) is 0 Å². The highest BCUT2D eigenvalue weighted by molar-refractivity contribution is 5.68. The minimum absolute atomic E-state index is 0.0978. The van der Waals surface area contributed by atoms with Crippen molar-refractivity contribution in [3.8, 4) is 0 Å². The van der Waals surface area contributed by atoms with E-state index >= 15 is 0 Å². The molecule has 0 saturated heterocycles. The summed E-state index contributed by atoms with van der Waals surface area (Å²) in [6, 6.07) is 8.83. The number of ether oxygens (including phenoxy) is 1. The number of nitrogens with one attached hydrogen (secondary N) is 1. The molecule has 0 aliphatic carbocycles. The third kappa shape index (κ3) is 13.1. The number of hydrogen-bond acceptors (Lipinski definition) is 4. The fourth-order valence-corrected chi connectivity index (χ4v) is 5.65. The standard InChI is InChI=1S/C36H65NO4/c1-10-11-12-13-14-15-16-17-18-20-29-22-24-30(25-23-29)21-19-26-36(27-38,28-39)37-32(40)41-31(33(2,3)4)35(8,9)34(5,6)7/h22-25,31,38-39H,10-21,26-28H2,1-9H3,(H,37,40). The molecular weight excluding hydrogens is 510 g/mol. The van der Waals surface area contributed by atoms with Crippen LogP contribution in [0.25, 0.3) is 0 Å². The molecule has 0 fully saturated rings. The molecule has 0 aliphatic heterocycles. The Labute approximate surface area is 253 Å². The first-order valence-electron chi connectivity index (χ1n) is 16.4. The molecule has 1 atom stereocenters. The monoisotopic (exact) mass is 575 g/mol. The molecule has 1 rings (SSSR count). The lowest BCUT2D eigenvalue weighted by molar-refractivity contribution is -0.0945. The Hall–Kier alpha value is -1.59. The van der Waals surface area contributed by atoms with Crippen molar-refractivity contribution in [2.45, 2.75) is 157 Å². The Morgan fingerprint density at radius 1 is 0.732 bits per heavy atom. The fourth-order valence-electron chi connectivity index (χ4n) is 5.65. The smallest absolute Gasteiger partial charge is 0.408 e. The maximum absolute atomic E-state index is 13.1. The number of aryl methyl sites for hydroxylation is 2. The van der Waals surface area contributed by atoms with E-state index in [1.54, 1.807) is 0 Å². The Morgan fingerprint density at radius 2 is 1.17 bits per heavy atom. The van der Waals surface area contributed by atoms with Crippen molar-refractivity contribution in [1.29, 1.82) is 0 Å². The lowest BCUT2D eigenvalue weighted by Gasteiger charge is -2.49. The maximum Gasteiger partial charge on any atom is 0.408 e. The number of amides is 1. The minimum atomic E-state index is -1.12. The van der Waals surface area contributed by atoms with E-state index in [2.05, 4.69) is 91.9 Å². The molecule has 41 heavy (non-hydrogen) atoms. The second kappa shape index (κ2) is 17.5. The van der Waals surface area contributed by atoms with Gasteiger partial charge in [0.2, 0.25) is 0 Å². The SMILES string of the molecule is CCCCCCCCCCCc1ccc(CCCC(CO)(CO)NC(=O)OC(C(C)(C)C)C(C)(C)C(C)(C)C)cc1. The van der Waals surface area contributed by atoms with Gasteiger partial charge in [0.25, 0.3) is 0 Å². The number of carbonyl (C=O) groups excluding carboxylic acids is 1. The van der Waals surface area contributed by atoms with Crippen molar-refractivity contribution in [2.75, 3.05) is 13.2 Å². The van der Waals surface area contributed by atoms with Gasteiger partial charge < -0.3 is 20.3 Å². The van der Waals surface area contributed by atoms with Crippen molar-refractivity contribution in [1.82, 2.24) is 5.32 Å². The summed E-state index contributed by atoms with van der Waals surface area (Å²) in [4.78, 5) is 13.1. The molecule has 5 nitrogen and oxygen atoms in total. The molecular formula is C36H65NO4. The lowest BCUT2D eigenvalue weighted by atomic mass is 9.60. The number of unbranched alkanes of at least 4 members (excludes halogenated alkanes) is 8. The molecule has 1 unspecified atom stereocenters. The van der Waals surface area contributed by atoms with Crippen LogP contribution in [0.3, 0.4) is 0 Å². The molecule has 0 spiro atoms. The highest BCUT2D eigenvalue weighted by Crippen LogP contribution is 2.48. The molecule has 5 heteroatoms. The highest BCUT2D eigenvalue weighted by Gasteiger charge is 2.48. The van der Waals surface area contributed by atoms with Crippen molar-refractivity contribution in [3.63, 3.8) is 0 Å². The average molecular weight is 576 g/mol. The van der Waals surface area contributed by atoms with Gasteiger partial charge in [-0.1, -0.05) is 138 Å². The lowest BCUT2D eigenvalue weighted by Crippen LogP contribution is -2.57. The topological polar surface area (TPSA) is 78.8 Å². The Bertz CT molecular complexity index is 844. The highest BCUT2D eigenvalue weighted by atomic mass is 16.6. The molecule has 1 aromatic carbocycles. The zero-order chi connectivity index (χ0) is 31.2. The zero-order valence-corrected chi connectivity index (χ0v) is 28.2. The molecule has 0 aromatic heterocycles. The first kappa shape index (κ1) is 37.4. The summed E-state index contributed by atoms with van der Waals surface area (Å²) in [5.74, 6) is 0. The number of benzene rings is 1. The maximum atomic E-state index is 13.1. The van der Waals surface area contributed by atoms with Gasteiger partial charge in [0, 0.05) is 5.41 Å². The fraction of sp³-hybridized carbons (Fsp3) is 0.806. The van der Waals surface area contributed by atoms with Crippen LogP contribution in [0.2, 0.25) is 0 Å². The van der Waals surface area contributed by atoms with Crippen LogP contribution < -0.4 is 5.32 Å². The van der Waals surface area contributed by atoms with Gasteiger partial charge in [0.15, 0.2) is 0 Å². The summed E-state index contributed by atoms with van der Waals surface area (Å²) in [5.41, 5.74) is 0.806. The number of alkyl carbamates (subject to hydrolysis) is 1. The summed E-state index contributed by atoms with van der Waals surface area (Å²) in [7, 11) is 0. The largest absolute Gasteiger partial charge is 0.445 e. The Balaban J connectivity index is 2.58. The van der Waals surface area contributed by atoms with E-state index in [1.807, 2.05) is 0 Å². The van der Waals surface area contributed by atoms with E-state index < -0.39 is 11.6 Å². The van der Waals surface area contributed by atoms with E-state index in [-0.39, 0.29) is 35.6 Å². The zero-order valence-electron chi connectivity index (χ0n) is 28.2. The van der Waals surface area contributed by atoms with Gasteiger partial charge in [-0.05, 0) is 54.1 Å². The predicted molar refractivity (Wildman–Crippen MR) is 173 cm³/mol. The van der Waals surface area contributed by atoms with Crippen LogP contribution in [0.15, 0.2) is 24.3 Å². The minimum Gasteiger partial charge on any atom is -0.445 e. The van der Waals surface area contributed by atoms with Crippen LogP contribution >= 0.6 is 0 Å². The van der Waals surface area contributed by atoms with E-state index in [1.165, 1.54) is 68.9 Å². The van der Waals surface area contributed by atoms with Crippen LogP contribution in [-0.2, 0) is 17.6 Å². The summed E-state index contributed by atoms with van der Waals surface area (Å²) in [6.07, 6.45) is 14.3. The molecule has 0 bridgehead atoms. The Morgan fingerprint density at radius 3 is 1.59 bits per heavy atom. The van der Waals surface area contributed by atoms with Crippen molar-refractivity contribution >= 4 is 6.09 Å². The first-order valence-corrected chi connectivity index (χ1v) is 16.4. The molecule has 3 N–H and O–H groups in total. The number of aliphatic hydroxyl groups is 2. The van der Waals surface area contributed by atoms with Crippen LogP contribution in [0.1, 0.15) is 144 Å². The number of hydrogen-bond donors (Lipinski definition) is 3. The predicted octanol–water partition coefficient (Wildman–Crippen LogP) is 9.02. The van der Waals surface area contributed by atoms with E-state index in [9.17, 15) is 15.0 Å². The quantitative estimate of drug-likeness (QED) is 0.144. The molecule has 1 amide bonds. The number of aliphatic hydroxyl groups excluding tert-OH is 2. The van der Waals surface area contributed by atoms with Gasteiger partial charge in [-0.25, -0.2) is 4.79 Å². The van der Waals surface area contributed by atoms with E-state index in [0.717, 1.165) is 19.3 Å². The second-order valence-electron chi connectivity index (χ2n) is 15.1. The second-order valence-corrected chi connectivity index (χ2v) is 15.1. The Kier molecular flexibility index (Phi) is 16.0. The number of rotatable bonds is 19. The van der Waals surface area contributed by atoms with Gasteiger partial charge in [-0.2, -0.15) is 0 Å². The summed E-state index contributed by atoms with van der Waals surface area (Å²) in [6.45, 7) is 18.5. The molecule has 0 heterocycles. The number of carbonyl (C=O) groups is 1. The van der Waals surface area contributed by atoms with Crippen molar-refractivity contribution < 1.29 is 19.7 Å². The van der Waals surface area contributed by atoms with Gasteiger partial charge >= 0.3 is 6.09 Å². The molecule has 238 valence electrons. The van der Waals surface area contributed by atoms with Gasteiger partial charge in [0.1, 0.15) is 6.10 Å². The van der Waals surface area contributed by atoms with Crippen LogP contribution in [-0.4, -0.2) is 41.2 Å². The summed E-state index contributed by atoms with van der Waals surface area (Å²) >= 11 is 0. The van der Waals surface area contributed by atoms with Crippen LogP contribution in [0.5, 0.6) is 0 Å². The normalized spacial score (nSPS) is 13.7. The van der Waals surface area contributed by atoms with Crippen LogP contribution in [0, 0.1) is 16.2 Å².